The van der Waals surface area contributed by atoms with E-state index in [9.17, 15) is 4.79 Å². The van der Waals surface area contributed by atoms with E-state index in [4.69, 9.17) is 15.2 Å². The maximum Gasteiger partial charge on any atom is 0.254 e. The molecule has 5 heteroatoms. The largest absolute Gasteiger partial charge is 0.493 e. The first-order chi connectivity index (χ1) is 10.2. The van der Waals surface area contributed by atoms with Gasteiger partial charge in [-0.05, 0) is 50.4 Å². The van der Waals surface area contributed by atoms with Gasteiger partial charge in [-0.3, -0.25) is 4.79 Å². The molecule has 1 amide bonds. The number of nitrogens with two attached hydrogens (primary N) is 1. The third-order valence-electron chi connectivity index (χ3n) is 4.02. The number of carbonyl (C=O) groups excluding carboxylic acids is 1. The zero-order chi connectivity index (χ0) is 15.2. The Labute approximate surface area is 126 Å². The number of hydrogen-bond acceptors (Lipinski definition) is 4. The first-order valence-corrected chi connectivity index (χ1v) is 7.44. The Kier molecular flexibility index (Phi) is 5.44. The van der Waals surface area contributed by atoms with Crippen molar-refractivity contribution in [1.29, 1.82) is 0 Å². The first kappa shape index (κ1) is 15.6. The SMILES string of the molecule is COc1ccc(C(=O)N2CCCCC2CCN)cc1OC. The second kappa shape index (κ2) is 7.31. The third-order valence-corrected chi connectivity index (χ3v) is 4.02. The van der Waals surface area contributed by atoms with Crippen LogP contribution in [0.15, 0.2) is 18.2 Å². The number of piperidine rings is 1. The van der Waals surface area contributed by atoms with E-state index in [1.165, 1.54) is 6.42 Å². The molecule has 2 rings (SSSR count). The molecule has 1 unspecified atom stereocenters. The number of benzene rings is 1. The van der Waals surface area contributed by atoms with Crippen LogP contribution in [-0.2, 0) is 0 Å². The number of amides is 1. The van der Waals surface area contributed by atoms with Gasteiger partial charge in [0.2, 0.25) is 0 Å². The maximum absolute atomic E-state index is 12.7. The highest BCUT2D eigenvalue weighted by Crippen LogP contribution is 2.29. The lowest BCUT2D eigenvalue weighted by Gasteiger charge is -2.35. The molecule has 0 bridgehead atoms. The summed E-state index contributed by atoms with van der Waals surface area (Å²) in [7, 11) is 3.16. The number of nitrogens with zero attached hydrogens (tertiary/aromatic N) is 1. The van der Waals surface area contributed by atoms with Crippen molar-refractivity contribution in [2.45, 2.75) is 31.7 Å². The fourth-order valence-corrected chi connectivity index (χ4v) is 2.90. The monoisotopic (exact) mass is 292 g/mol. The molecule has 1 aliphatic rings. The Morgan fingerprint density at radius 2 is 2.05 bits per heavy atom. The smallest absolute Gasteiger partial charge is 0.254 e. The van der Waals surface area contributed by atoms with Crippen LogP contribution in [0.4, 0.5) is 0 Å². The lowest BCUT2D eigenvalue weighted by molar-refractivity contribution is 0.0604. The van der Waals surface area contributed by atoms with Crippen molar-refractivity contribution in [2.24, 2.45) is 5.73 Å². The van der Waals surface area contributed by atoms with Gasteiger partial charge in [0.05, 0.1) is 14.2 Å². The zero-order valence-corrected chi connectivity index (χ0v) is 12.8. The number of carbonyl (C=O) groups is 1. The quantitative estimate of drug-likeness (QED) is 0.902. The number of likely N-dealkylation sites (tertiary alicyclic amines) is 1. The van der Waals surface area contributed by atoms with Gasteiger partial charge >= 0.3 is 0 Å². The van der Waals surface area contributed by atoms with Gasteiger partial charge < -0.3 is 20.1 Å². The van der Waals surface area contributed by atoms with E-state index in [0.29, 0.717) is 23.6 Å². The summed E-state index contributed by atoms with van der Waals surface area (Å²) >= 11 is 0. The highest BCUT2D eigenvalue weighted by molar-refractivity contribution is 5.95. The lowest BCUT2D eigenvalue weighted by atomic mass is 9.98. The predicted octanol–water partition coefficient (Wildman–Crippen LogP) is 2.05. The second-order valence-electron chi connectivity index (χ2n) is 5.30. The minimum Gasteiger partial charge on any atom is -0.493 e. The van der Waals surface area contributed by atoms with E-state index in [1.807, 2.05) is 4.90 Å². The van der Waals surface area contributed by atoms with Crippen LogP contribution in [0, 0.1) is 0 Å². The summed E-state index contributed by atoms with van der Waals surface area (Å²) in [4.78, 5) is 14.7. The second-order valence-corrected chi connectivity index (χ2v) is 5.30. The summed E-state index contributed by atoms with van der Waals surface area (Å²) in [6.07, 6.45) is 4.12. The molecule has 5 nitrogen and oxygen atoms in total. The Morgan fingerprint density at radius 3 is 2.71 bits per heavy atom. The molecule has 1 aliphatic heterocycles. The Bertz CT molecular complexity index is 488. The van der Waals surface area contributed by atoms with Gasteiger partial charge in [-0.25, -0.2) is 0 Å². The predicted molar refractivity (Wildman–Crippen MR) is 81.9 cm³/mol. The molecule has 1 aromatic carbocycles. The Balaban J connectivity index is 2.21. The molecular weight excluding hydrogens is 268 g/mol. The highest BCUT2D eigenvalue weighted by Gasteiger charge is 2.27. The summed E-state index contributed by atoms with van der Waals surface area (Å²) in [6, 6.07) is 5.56. The van der Waals surface area contributed by atoms with Gasteiger partial charge in [-0.1, -0.05) is 0 Å². The molecule has 21 heavy (non-hydrogen) atoms. The summed E-state index contributed by atoms with van der Waals surface area (Å²) in [5.74, 6) is 1.26. The molecule has 0 spiro atoms. The van der Waals surface area contributed by atoms with Crippen LogP contribution in [-0.4, -0.2) is 44.2 Å². The van der Waals surface area contributed by atoms with Gasteiger partial charge in [-0.2, -0.15) is 0 Å². The van der Waals surface area contributed by atoms with Crippen molar-refractivity contribution in [3.8, 4) is 11.5 Å². The van der Waals surface area contributed by atoms with Gasteiger partial charge in [-0.15, -0.1) is 0 Å². The number of methoxy groups -OCH3 is 2. The number of rotatable bonds is 5. The van der Waals surface area contributed by atoms with Crippen molar-refractivity contribution in [3.63, 3.8) is 0 Å². The normalized spacial score (nSPS) is 18.4. The molecule has 1 atom stereocenters. The average Bonchev–Trinajstić information content (AvgIpc) is 2.54. The van der Waals surface area contributed by atoms with Crippen molar-refractivity contribution in [3.05, 3.63) is 23.8 Å². The molecule has 0 saturated carbocycles. The van der Waals surface area contributed by atoms with Gasteiger partial charge in [0.15, 0.2) is 11.5 Å². The topological polar surface area (TPSA) is 64.8 Å². The number of ether oxygens (including phenoxy) is 2. The van der Waals surface area contributed by atoms with Crippen LogP contribution in [0.2, 0.25) is 0 Å². The van der Waals surface area contributed by atoms with E-state index in [1.54, 1.807) is 32.4 Å². The van der Waals surface area contributed by atoms with Crippen LogP contribution >= 0.6 is 0 Å². The molecule has 1 saturated heterocycles. The summed E-state index contributed by atoms with van der Waals surface area (Å²) < 4.78 is 10.5. The number of hydrogen-bond donors (Lipinski definition) is 1. The average molecular weight is 292 g/mol. The molecule has 1 fully saturated rings. The minimum absolute atomic E-state index is 0.0501. The third kappa shape index (κ3) is 3.47. The van der Waals surface area contributed by atoms with Crippen LogP contribution in [0.5, 0.6) is 11.5 Å². The van der Waals surface area contributed by atoms with Crippen molar-refractivity contribution in [2.75, 3.05) is 27.3 Å². The van der Waals surface area contributed by atoms with Gasteiger partial charge in [0.25, 0.3) is 5.91 Å². The summed E-state index contributed by atoms with van der Waals surface area (Å²) in [5, 5.41) is 0. The molecule has 1 aromatic rings. The van der Waals surface area contributed by atoms with Crippen LogP contribution in [0.1, 0.15) is 36.0 Å². The molecule has 116 valence electrons. The lowest BCUT2D eigenvalue weighted by Crippen LogP contribution is -2.44. The van der Waals surface area contributed by atoms with Crippen molar-refractivity contribution >= 4 is 5.91 Å². The fraction of sp³-hybridized carbons (Fsp3) is 0.562. The summed E-state index contributed by atoms with van der Waals surface area (Å²) in [6.45, 7) is 1.41. The van der Waals surface area contributed by atoms with Crippen molar-refractivity contribution in [1.82, 2.24) is 4.90 Å². The van der Waals surface area contributed by atoms with Gasteiger partial charge in [0.1, 0.15) is 0 Å². The molecule has 0 aromatic heterocycles. The molecule has 0 radical (unpaired) electrons. The molecular formula is C16H24N2O3. The van der Waals surface area contributed by atoms with Gasteiger partial charge in [0, 0.05) is 18.2 Å². The van der Waals surface area contributed by atoms with E-state index >= 15 is 0 Å². The maximum atomic E-state index is 12.7. The Morgan fingerprint density at radius 1 is 1.29 bits per heavy atom. The molecule has 2 N–H and O–H groups in total. The summed E-state index contributed by atoms with van der Waals surface area (Å²) in [5.41, 5.74) is 6.31. The van der Waals surface area contributed by atoms with Crippen LogP contribution in [0.3, 0.4) is 0 Å². The fourth-order valence-electron chi connectivity index (χ4n) is 2.90. The molecule has 0 aliphatic carbocycles. The minimum atomic E-state index is 0.0501. The first-order valence-electron chi connectivity index (χ1n) is 7.44. The van der Waals surface area contributed by atoms with Crippen molar-refractivity contribution < 1.29 is 14.3 Å². The van der Waals surface area contributed by atoms with E-state index in [-0.39, 0.29) is 11.9 Å². The zero-order valence-electron chi connectivity index (χ0n) is 12.8. The standard InChI is InChI=1S/C16H24N2O3/c1-20-14-7-6-12(11-15(14)21-2)16(19)18-10-4-3-5-13(18)8-9-17/h6-7,11,13H,3-5,8-10,17H2,1-2H3. The van der Waals surface area contributed by atoms with E-state index < -0.39 is 0 Å². The van der Waals surface area contributed by atoms with Crippen LogP contribution in [0.25, 0.3) is 0 Å². The van der Waals surface area contributed by atoms with E-state index in [2.05, 4.69) is 0 Å². The van der Waals surface area contributed by atoms with E-state index in [0.717, 1.165) is 25.8 Å². The molecule has 1 heterocycles. The van der Waals surface area contributed by atoms with Crippen LogP contribution < -0.4 is 15.2 Å². The Hall–Kier alpha value is -1.75. The highest BCUT2D eigenvalue weighted by atomic mass is 16.5.